The highest BCUT2D eigenvalue weighted by molar-refractivity contribution is 6.04. The number of carbonyl (C=O) groups is 2. The largest absolute Gasteiger partial charge is 0.473 e. The number of halogens is 1. The molecule has 0 aromatic carbocycles. The summed E-state index contributed by atoms with van der Waals surface area (Å²) in [6, 6.07) is 0. The fraction of sp³-hybridized carbons (Fsp3) is 0.545. The van der Waals surface area contributed by atoms with Crippen LogP contribution in [0.1, 0.15) is 48.9 Å². The van der Waals surface area contributed by atoms with E-state index in [4.69, 9.17) is 4.74 Å². The van der Waals surface area contributed by atoms with Gasteiger partial charge in [-0.1, -0.05) is 19.4 Å². The number of hydrogen-bond acceptors (Lipinski definition) is 6. The van der Waals surface area contributed by atoms with E-state index in [1.165, 1.54) is 18.5 Å². The summed E-state index contributed by atoms with van der Waals surface area (Å²) >= 11 is 0. The molecule has 1 saturated heterocycles. The van der Waals surface area contributed by atoms with Gasteiger partial charge in [0.05, 0.1) is 11.8 Å². The Morgan fingerprint density at radius 2 is 2.16 bits per heavy atom. The summed E-state index contributed by atoms with van der Waals surface area (Å²) in [6.07, 6.45) is 6.20. The number of likely N-dealkylation sites (tertiary alicyclic amines) is 1. The van der Waals surface area contributed by atoms with Crippen molar-refractivity contribution in [1.82, 2.24) is 25.2 Å². The van der Waals surface area contributed by atoms with Crippen molar-refractivity contribution in [2.24, 2.45) is 0 Å². The van der Waals surface area contributed by atoms with E-state index in [2.05, 4.69) is 26.8 Å². The Labute approximate surface area is 185 Å². The summed E-state index contributed by atoms with van der Waals surface area (Å²) < 4.78 is 20.1. The number of alkyl halides is 1. The van der Waals surface area contributed by atoms with Crippen molar-refractivity contribution in [3.8, 4) is 5.88 Å². The van der Waals surface area contributed by atoms with Crippen molar-refractivity contribution in [3.63, 3.8) is 0 Å². The van der Waals surface area contributed by atoms with E-state index in [0.717, 1.165) is 12.8 Å². The Morgan fingerprint density at radius 3 is 2.88 bits per heavy atom. The van der Waals surface area contributed by atoms with Gasteiger partial charge in [0.15, 0.2) is 5.65 Å². The molecule has 2 aliphatic rings. The van der Waals surface area contributed by atoms with Crippen LogP contribution in [-0.2, 0) is 4.79 Å². The molecule has 2 fully saturated rings. The maximum atomic E-state index is 14.2. The topological polar surface area (TPSA) is 120 Å². The molecule has 9 nitrogen and oxygen atoms in total. The second-order valence-electron chi connectivity index (χ2n) is 8.45. The van der Waals surface area contributed by atoms with E-state index >= 15 is 0 Å². The van der Waals surface area contributed by atoms with E-state index < -0.39 is 17.7 Å². The summed E-state index contributed by atoms with van der Waals surface area (Å²) in [7, 11) is 0. The highest BCUT2D eigenvalue weighted by atomic mass is 19.1. The van der Waals surface area contributed by atoms with Crippen LogP contribution < -0.4 is 10.1 Å². The number of fused-ring (bicyclic) bond motifs is 1. The van der Waals surface area contributed by atoms with Crippen molar-refractivity contribution in [2.75, 3.05) is 19.6 Å². The first-order valence-corrected chi connectivity index (χ1v) is 11.0. The molecule has 0 bridgehead atoms. The van der Waals surface area contributed by atoms with Gasteiger partial charge in [0.25, 0.3) is 5.91 Å². The lowest BCUT2D eigenvalue weighted by Crippen LogP contribution is -2.51. The SMILES string of the molecule is C=CC(=O)N1CCC(Oc2cnc3[nH]cc(C(=O)NCC4(O)CCCC[C@@H]4F)c3n2)CC1. The average Bonchev–Trinajstić information content (AvgIpc) is 3.23. The fourth-order valence-electron chi connectivity index (χ4n) is 4.31. The molecule has 1 unspecified atom stereocenters. The number of aromatic amines is 1. The van der Waals surface area contributed by atoms with Gasteiger partial charge in [0, 0.05) is 38.7 Å². The van der Waals surface area contributed by atoms with Gasteiger partial charge in [-0.25, -0.2) is 14.4 Å². The number of hydrogen-bond donors (Lipinski definition) is 3. The van der Waals surface area contributed by atoms with Crippen LogP contribution in [-0.4, -0.2) is 74.3 Å². The molecule has 2 aromatic rings. The Morgan fingerprint density at radius 1 is 1.38 bits per heavy atom. The lowest BCUT2D eigenvalue weighted by Gasteiger charge is -2.35. The fourth-order valence-corrected chi connectivity index (χ4v) is 4.31. The molecule has 10 heteroatoms. The lowest BCUT2D eigenvalue weighted by atomic mass is 9.83. The van der Waals surface area contributed by atoms with Crippen LogP contribution in [0, 0.1) is 0 Å². The number of aromatic nitrogens is 3. The first kappa shape index (κ1) is 22.2. The van der Waals surface area contributed by atoms with Crippen LogP contribution in [0.4, 0.5) is 4.39 Å². The third-order valence-electron chi connectivity index (χ3n) is 6.27. The molecule has 172 valence electrons. The van der Waals surface area contributed by atoms with Crippen LogP contribution in [0.2, 0.25) is 0 Å². The highest BCUT2D eigenvalue weighted by Gasteiger charge is 2.39. The molecule has 1 aliphatic carbocycles. The van der Waals surface area contributed by atoms with Crippen LogP contribution in [0.3, 0.4) is 0 Å². The van der Waals surface area contributed by atoms with E-state index in [1.54, 1.807) is 4.90 Å². The number of piperidine rings is 1. The van der Waals surface area contributed by atoms with Gasteiger partial charge in [-0.05, 0) is 18.9 Å². The molecular formula is C22H28FN5O4. The van der Waals surface area contributed by atoms with E-state index in [9.17, 15) is 19.1 Å². The van der Waals surface area contributed by atoms with Gasteiger partial charge in [-0.2, -0.15) is 0 Å². The molecule has 32 heavy (non-hydrogen) atoms. The number of ether oxygens (including phenoxy) is 1. The molecular weight excluding hydrogens is 417 g/mol. The summed E-state index contributed by atoms with van der Waals surface area (Å²) in [5, 5.41) is 13.2. The van der Waals surface area contributed by atoms with Crippen LogP contribution in [0.25, 0.3) is 11.2 Å². The van der Waals surface area contributed by atoms with Crippen LogP contribution >= 0.6 is 0 Å². The predicted octanol–water partition coefficient (Wildman–Crippen LogP) is 1.89. The molecule has 3 heterocycles. The minimum Gasteiger partial charge on any atom is -0.473 e. The molecule has 2 aromatic heterocycles. The molecule has 4 rings (SSSR count). The number of H-pyrrole nitrogens is 1. The van der Waals surface area contributed by atoms with Gasteiger partial charge in [0.1, 0.15) is 23.4 Å². The quantitative estimate of drug-likeness (QED) is 0.584. The monoisotopic (exact) mass is 445 g/mol. The van der Waals surface area contributed by atoms with Crippen molar-refractivity contribution < 1.29 is 23.8 Å². The molecule has 0 spiro atoms. The van der Waals surface area contributed by atoms with Crippen molar-refractivity contribution in [2.45, 2.75) is 56.4 Å². The number of nitrogens with one attached hydrogen (secondary N) is 2. The van der Waals surface area contributed by atoms with E-state index in [0.29, 0.717) is 49.9 Å². The molecule has 1 aliphatic heterocycles. The Bertz CT molecular complexity index is 1000. The first-order valence-electron chi connectivity index (χ1n) is 11.0. The first-order chi connectivity index (χ1) is 15.4. The van der Waals surface area contributed by atoms with Gasteiger partial charge in [-0.15, -0.1) is 0 Å². The number of carbonyl (C=O) groups excluding carboxylic acids is 2. The zero-order valence-electron chi connectivity index (χ0n) is 17.8. The summed E-state index contributed by atoms with van der Waals surface area (Å²) in [5.74, 6) is -0.274. The second kappa shape index (κ2) is 9.23. The van der Waals surface area contributed by atoms with E-state index in [-0.39, 0.29) is 30.0 Å². The van der Waals surface area contributed by atoms with Crippen LogP contribution in [0.15, 0.2) is 25.0 Å². The standard InChI is InChI=1S/C22H28FN5O4/c1-2-18(29)28-9-6-14(7-10-28)32-17-12-25-20-19(27-17)15(11-24-20)21(30)26-13-22(31)8-4-3-5-16(22)23/h2,11-12,14,16,31H,1,3-10,13H2,(H,24,25)(H,26,30)/t16-,22?/m0/s1. The van der Waals surface area contributed by atoms with Gasteiger partial charge < -0.3 is 25.0 Å². The molecule has 0 radical (unpaired) electrons. The summed E-state index contributed by atoms with van der Waals surface area (Å²) in [4.78, 5) is 37.8. The number of nitrogens with zero attached hydrogens (tertiary/aromatic N) is 3. The average molecular weight is 445 g/mol. The maximum absolute atomic E-state index is 14.2. The zero-order valence-corrected chi connectivity index (χ0v) is 17.8. The predicted molar refractivity (Wildman–Crippen MR) is 115 cm³/mol. The van der Waals surface area contributed by atoms with Gasteiger partial charge in [-0.3, -0.25) is 9.59 Å². The minimum absolute atomic E-state index is 0.0930. The van der Waals surface area contributed by atoms with Crippen molar-refractivity contribution in [3.05, 3.63) is 30.6 Å². The second-order valence-corrected chi connectivity index (χ2v) is 8.45. The normalized spacial score (nSPS) is 24.3. The number of amides is 2. The molecule has 1 saturated carbocycles. The summed E-state index contributed by atoms with van der Waals surface area (Å²) in [5.41, 5.74) is -0.526. The van der Waals surface area contributed by atoms with Crippen LogP contribution in [0.5, 0.6) is 5.88 Å². The van der Waals surface area contributed by atoms with Gasteiger partial charge >= 0.3 is 0 Å². The smallest absolute Gasteiger partial charge is 0.255 e. The van der Waals surface area contributed by atoms with Gasteiger partial charge in [0.2, 0.25) is 11.8 Å². The Hall–Kier alpha value is -3.01. The third-order valence-corrected chi connectivity index (χ3v) is 6.27. The molecule has 3 N–H and O–H groups in total. The van der Waals surface area contributed by atoms with Crippen molar-refractivity contribution >= 4 is 23.0 Å². The number of rotatable bonds is 6. The number of aliphatic hydroxyl groups is 1. The maximum Gasteiger partial charge on any atom is 0.255 e. The van der Waals surface area contributed by atoms with Crippen molar-refractivity contribution in [1.29, 1.82) is 0 Å². The molecule has 2 atom stereocenters. The molecule has 2 amide bonds. The Balaban J connectivity index is 1.41. The zero-order chi connectivity index (χ0) is 22.7. The van der Waals surface area contributed by atoms with E-state index in [1.807, 2.05) is 0 Å². The third kappa shape index (κ3) is 4.59. The lowest BCUT2D eigenvalue weighted by molar-refractivity contribution is -0.127. The summed E-state index contributed by atoms with van der Waals surface area (Å²) in [6.45, 7) is 4.49. The minimum atomic E-state index is -1.54. The highest BCUT2D eigenvalue weighted by Crippen LogP contribution is 2.30. The Kier molecular flexibility index (Phi) is 6.40.